The first kappa shape index (κ1) is 26.1. The van der Waals surface area contributed by atoms with Gasteiger partial charge in [-0.25, -0.2) is 18.9 Å². The van der Waals surface area contributed by atoms with Crippen LogP contribution in [0.4, 0.5) is 14.9 Å². The molecule has 0 radical (unpaired) electrons. The lowest BCUT2D eigenvalue weighted by molar-refractivity contribution is -0.127. The first-order valence-electron chi connectivity index (χ1n) is 12.2. The van der Waals surface area contributed by atoms with Crippen molar-refractivity contribution in [1.29, 1.82) is 0 Å². The third kappa shape index (κ3) is 5.51. The fourth-order valence-corrected chi connectivity index (χ4v) is 4.21. The number of carbonyl (C=O) groups is 4. The summed E-state index contributed by atoms with van der Waals surface area (Å²) in [5, 5.41) is 15.6. The van der Waals surface area contributed by atoms with Crippen molar-refractivity contribution in [2.75, 3.05) is 11.9 Å². The van der Waals surface area contributed by atoms with Crippen molar-refractivity contribution < 1.29 is 33.4 Å². The van der Waals surface area contributed by atoms with E-state index >= 15 is 0 Å². The zero-order valence-corrected chi connectivity index (χ0v) is 20.9. The predicted octanol–water partition coefficient (Wildman–Crippen LogP) is 4.79. The highest BCUT2D eigenvalue weighted by atomic mass is 19.1. The molecule has 0 unspecified atom stereocenters. The van der Waals surface area contributed by atoms with Gasteiger partial charge in [0.15, 0.2) is 0 Å². The molecule has 1 saturated heterocycles. The molecule has 0 saturated carbocycles. The number of urea groups is 1. The normalized spacial score (nSPS) is 13.9. The Kier molecular flexibility index (Phi) is 7.23. The molecule has 0 bridgehead atoms. The van der Waals surface area contributed by atoms with E-state index in [-0.39, 0.29) is 23.6 Å². The molecule has 4 amide bonds. The second kappa shape index (κ2) is 11.1. The number of imide groups is 1. The van der Waals surface area contributed by atoms with Crippen molar-refractivity contribution in [2.45, 2.75) is 6.61 Å². The molecule has 0 aliphatic carbocycles. The SMILES string of the molecule is O=C(CN1C(=O)N/C(=C/c2c(OCc3ccc(C(=O)O)cc3)ccc3ccccc23)C1=O)Nc1ccccc1F. The van der Waals surface area contributed by atoms with Crippen LogP contribution in [0.5, 0.6) is 5.75 Å². The third-order valence-corrected chi connectivity index (χ3v) is 6.23. The van der Waals surface area contributed by atoms with Crippen molar-refractivity contribution in [3.63, 3.8) is 0 Å². The molecule has 1 fully saturated rings. The number of hydrogen-bond acceptors (Lipinski definition) is 5. The Labute approximate surface area is 227 Å². The number of fused-ring (bicyclic) bond motifs is 1. The summed E-state index contributed by atoms with van der Waals surface area (Å²) in [6.45, 7) is -0.487. The van der Waals surface area contributed by atoms with Crippen LogP contribution in [0, 0.1) is 5.82 Å². The molecule has 1 heterocycles. The van der Waals surface area contributed by atoms with Crippen molar-refractivity contribution >= 4 is 46.4 Å². The molecule has 5 rings (SSSR count). The van der Waals surface area contributed by atoms with Gasteiger partial charge in [0.2, 0.25) is 5.91 Å². The number of amides is 4. The number of carbonyl (C=O) groups excluding carboxylic acids is 3. The fourth-order valence-electron chi connectivity index (χ4n) is 4.21. The molecule has 3 N–H and O–H groups in total. The Morgan fingerprint density at radius 1 is 0.950 bits per heavy atom. The van der Waals surface area contributed by atoms with Crippen molar-refractivity contribution in [1.82, 2.24) is 10.2 Å². The number of rotatable bonds is 8. The molecular weight excluding hydrogens is 517 g/mol. The van der Waals surface area contributed by atoms with Crippen molar-refractivity contribution in [2.24, 2.45) is 0 Å². The van der Waals surface area contributed by atoms with E-state index in [0.29, 0.717) is 11.3 Å². The minimum Gasteiger partial charge on any atom is -0.488 e. The Morgan fingerprint density at radius 3 is 2.42 bits per heavy atom. The zero-order valence-electron chi connectivity index (χ0n) is 20.9. The third-order valence-electron chi connectivity index (χ3n) is 6.23. The van der Waals surface area contributed by atoms with Gasteiger partial charge in [-0.15, -0.1) is 0 Å². The van der Waals surface area contributed by atoms with E-state index in [4.69, 9.17) is 9.84 Å². The van der Waals surface area contributed by atoms with Gasteiger partial charge in [0.1, 0.15) is 30.4 Å². The fraction of sp³-hybridized carbons (Fsp3) is 0.0667. The topological polar surface area (TPSA) is 125 Å². The van der Waals surface area contributed by atoms with E-state index in [1.807, 2.05) is 30.3 Å². The Hall–Kier alpha value is -5.51. The quantitative estimate of drug-likeness (QED) is 0.219. The van der Waals surface area contributed by atoms with Crippen LogP contribution in [0.3, 0.4) is 0 Å². The van der Waals surface area contributed by atoms with Gasteiger partial charge in [-0.3, -0.25) is 9.59 Å². The molecule has 9 nitrogen and oxygen atoms in total. The number of nitrogens with one attached hydrogen (secondary N) is 2. The lowest BCUT2D eigenvalue weighted by atomic mass is 10.0. The van der Waals surface area contributed by atoms with Crippen LogP contribution in [-0.2, 0) is 16.2 Å². The highest BCUT2D eigenvalue weighted by molar-refractivity contribution is 6.16. The number of anilines is 1. The van der Waals surface area contributed by atoms with E-state index in [2.05, 4.69) is 10.6 Å². The van der Waals surface area contributed by atoms with Crippen molar-refractivity contribution in [3.8, 4) is 5.75 Å². The van der Waals surface area contributed by atoms with Crippen molar-refractivity contribution in [3.05, 3.63) is 113 Å². The van der Waals surface area contributed by atoms with E-state index in [0.717, 1.165) is 21.2 Å². The summed E-state index contributed by atoms with van der Waals surface area (Å²) < 4.78 is 19.9. The number of nitrogens with zero attached hydrogens (tertiary/aromatic N) is 1. The van der Waals surface area contributed by atoms with Gasteiger partial charge in [-0.2, -0.15) is 0 Å². The second-order valence-corrected chi connectivity index (χ2v) is 8.90. The largest absolute Gasteiger partial charge is 0.488 e. The van der Waals surface area contributed by atoms with Gasteiger partial charge in [-0.05, 0) is 52.7 Å². The van der Waals surface area contributed by atoms with Crippen LogP contribution >= 0.6 is 0 Å². The maximum atomic E-state index is 13.9. The number of halogens is 1. The maximum absolute atomic E-state index is 13.9. The smallest absolute Gasteiger partial charge is 0.335 e. The predicted molar refractivity (Wildman–Crippen MR) is 145 cm³/mol. The van der Waals surface area contributed by atoms with Gasteiger partial charge < -0.3 is 20.5 Å². The van der Waals surface area contributed by atoms with Crippen LogP contribution in [-0.4, -0.2) is 40.4 Å². The number of aromatic carboxylic acids is 1. The number of carboxylic acid groups (broad SMARTS) is 1. The number of ether oxygens (including phenoxy) is 1. The van der Waals surface area contributed by atoms with E-state index < -0.39 is 36.2 Å². The maximum Gasteiger partial charge on any atom is 0.335 e. The summed E-state index contributed by atoms with van der Waals surface area (Å²) in [6.07, 6.45) is 1.49. The van der Waals surface area contributed by atoms with Gasteiger partial charge in [0.25, 0.3) is 5.91 Å². The van der Waals surface area contributed by atoms with Crippen LogP contribution in [0.1, 0.15) is 21.5 Å². The van der Waals surface area contributed by atoms with Gasteiger partial charge >= 0.3 is 12.0 Å². The lowest BCUT2D eigenvalue weighted by Crippen LogP contribution is -2.38. The molecule has 0 spiro atoms. The summed E-state index contributed by atoms with van der Waals surface area (Å²) >= 11 is 0. The molecule has 0 aromatic heterocycles. The van der Waals surface area contributed by atoms with Gasteiger partial charge in [0.05, 0.1) is 11.3 Å². The molecule has 1 aliphatic heterocycles. The van der Waals surface area contributed by atoms with Crippen LogP contribution < -0.4 is 15.4 Å². The van der Waals surface area contributed by atoms with Crippen LogP contribution in [0.15, 0.2) is 90.6 Å². The Morgan fingerprint density at radius 2 is 1.68 bits per heavy atom. The number of hydrogen-bond donors (Lipinski definition) is 3. The molecule has 4 aromatic carbocycles. The minimum absolute atomic E-state index is 0.0595. The summed E-state index contributed by atoms with van der Waals surface area (Å²) in [7, 11) is 0. The average molecular weight is 540 g/mol. The molecule has 0 atom stereocenters. The molecular formula is C30H22FN3O6. The van der Waals surface area contributed by atoms with Gasteiger partial charge in [-0.1, -0.05) is 54.6 Å². The number of para-hydroxylation sites is 1. The molecule has 1 aliphatic rings. The Balaban J connectivity index is 1.39. The minimum atomic E-state index is -1.03. The summed E-state index contributed by atoms with van der Waals surface area (Å²) in [4.78, 5) is 50.0. The van der Waals surface area contributed by atoms with E-state index in [1.54, 1.807) is 24.3 Å². The first-order valence-corrected chi connectivity index (χ1v) is 12.2. The van der Waals surface area contributed by atoms with Gasteiger partial charge in [0, 0.05) is 5.56 Å². The monoisotopic (exact) mass is 539 g/mol. The summed E-state index contributed by atoms with van der Waals surface area (Å²) in [5.41, 5.74) is 1.29. The number of benzene rings is 4. The summed E-state index contributed by atoms with van der Waals surface area (Å²) in [6, 6.07) is 22.0. The highest BCUT2D eigenvalue weighted by Gasteiger charge is 2.35. The molecule has 40 heavy (non-hydrogen) atoms. The first-order chi connectivity index (χ1) is 19.3. The zero-order chi connectivity index (χ0) is 28.2. The summed E-state index contributed by atoms with van der Waals surface area (Å²) in [5.74, 6) is -2.71. The number of carboxylic acids is 1. The molecule has 4 aromatic rings. The second-order valence-electron chi connectivity index (χ2n) is 8.90. The Bertz CT molecular complexity index is 1680. The molecule has 10 heteroatoms. The van der Waals surface area contributed by atoms with E-state index in [1.165, 1.54) is 36.4 Å². The standard InChI is InChI=1S/C30H22FN3O6/c31-23-7-3-4-8-24(23)32-27(35)16-34-28(36)25(33-30(34)39)15-22-21-6-2-1-5-19(21)13-14-26(22)40-17-18-9-11-20(12-10-18)29(37)38/h1-15H,16-17H2,(H,32,35)(H,33,39)(H,37,38)/b25-15+. The average Bonchev–Trinajstić information content (AvgIpc) is 3.21. The van der Waals surface area contributed by atoms with E-state index in [9.17, 15) is 23.6 Å². The highest BCUT2D eigenvalue weighted by Crippen LogP contribution is 2.31. The van der Waals surface area contributed by atoms with Crippen LogP contribution in [0.25, 0.3) is 16.8 Å². The molecule has 200 valence electrons. The lowest BCUT2D eigenvalue weighted by Gasteiger charge is -2.13. The van der Waals surface area contributed by atoms with Crippen LogP contribution in [0.2, 0.25) is 0 Å².